The predicted molar refractivity (Wildman–Crippen MR) is 100 cm³/mol. The zero-order chi connectivity index (χ0) is 19.3. The minimum absolute atomic E-state index is 0.0447. The lowest BCUT2D eigenvalue weighted by molar-refractivity contribution is 0.217. The molecule has 5 rings (SSSR count). The van der Waals surface area contributed by atoms with E-state index < -0.39 is 12.3 Å². The van der Waals surface area contributed by atoms with Gasteiger partial charge in [-0.3, -0.25) is 10.1 Å². The highest BCUT2D eigenvalue weighted by molar-refractivity contribution is 5.42. The molecule has 2 saturated heterocycles. The summed E-state index contributed by atoms with van der Waals surface area (Å²) in [5.74, 6) is 1.47. The Balaban J connectivity index is 1.35. The van der Waals surface area contributed by atoms with E-state index in [1.54, 1.807) is 4.90 Å². The number of anilines is 1. The Morgan fingerprint density at radius 1 is 1.11 bits per heavy atom. The first-order valence-electron chi connectivity index (χ1n) is 9.93. The fourth-order valence-electron chi connectivity index (χ4n) is 4.92. The molecule has 4 unspecified atom stereocenters. The minimum atomic E-state index is -1.45. The molecule has 28 heavy (non-hydrogen) atoms. The molecule has 3 fully saturated rings. The third kappa shape index (κ3) is 3.16. The lowest BCUT2D eigenvalue weighted by Gasteiger charge is -2.32. The highest BCUT2D eigenvalue weighted by atomic mass is 19.2. The number of aromatic nitrogens is 4. The van der Waals surface area contributed by atoms with Crippen LogP contribution >= 0.6 is 0 Å². The Kier molecular flexibility index (Phi) is 4.51. The molecule has 2 aromatic heterocycles. The molecule has 3 aliphatic rings. The number of halogens is 2. The molecule has 6 atom stereocenters. The van der Waals surface area contributed by atoms with Crippen molar-refractivity contribution in [2.24, 2.45) is 13.0 Å². The zero-order valence-corrected chi connectivity index (χ0v) is 15.8. The number of nitrogens with one attached hydrogen (secondary N) is 2. The summed E-state index contributed by atoms with van der Waals surface area (Å²) < 4.78 is 29.0. The van der Waals surface area contributed by atoms with Gasteiger partial charge in [-0.1, -0.05) is 0 Å². The first-order valence-corrected chi connectivity index (χ1v) is 9.93. The Hall–Kier alpha value is -2.13. The van der Waals surface area contributed by atoms with E-state index in [-0.39, 0.29) is 19.1 Å². The van der Waals surface area contributed by atoms with E-state index in [0.29, 0.717) is 23.7 Å². The van der Waals surface area contributed by atoms with E-state index in [1.807, 2.05) is 24.0 Å². The van der Waals surface area contributed by atoms with Crippen LogP contribution in [-0.2, 0) is 7.05 Å². The lowest BCUT2D eigenvalue weighted by Crippen LogP contribution is -2.34. The first-order chi connectivity index (χ1) is 13.6. The number of hydrogen-bond acceptors (Lipinski definition) is 6. The van der Waals surface area contributed by atoms with Crippen molar-refractivity contribution in [3.8, 4) is 0 Å². The van der Waals surface area contributed by atoms with Gasteiger partial charge in [0.2, 0.25) is 0 Å². The van der Waals surface area contributed by atoms with Crippen LogP contribution in [0.15, 0.2) is 24.8 Å². The Bertz CT molecular complexity index is 833. The molecule has 0 amide bonds. The van der Waals surface area contributed by atoms with Gasteiger partial charge in [0.15, 0.2) is 12.3 Å². The maximum Gasteiger partial charge on any atom is 0.150 e. The highest BCUT2D eigenvalue weighted by Crippen LogP contribution is 2.43. The van der Waals surface area contributed by atoms with Gasteiger partial charge in [0, 0.05) is 25.4 Å². The summed E-state index contributed by atoms with van der Waals surface area (Å²) in [6.45, 7) is 0.0895. The summed E-state index contributed by atoms with van der Waals surface area (Å²) in [6.07, 6.45) is 5.93. The van der Waals surface area contributed by atoms with Crippen molar-refractivity contribution < 1.29 is 8.78 Å². The van der Waals surface area contributed by atoms with Crippen molar-refractivity contribution in [1.82, 2.24) is 30.6 Å². The molecule has 2 aromatic rings. The third-order valence-corrected chi connectivity index (χ3v) is 6.45. The van der Waals surface area contributed by atoms with Crippen LogP contribution in [0.3, 0.4) is 0 Å². The summed E-state index contributed by atoms with van der Waals surface area (Å²) in [6, 6.07) is 2.32. The van der Waals surface area contributed by atoms with Gasteiger partial charge in [-0.25, -0.2) is 24.2 Å². The Morgan fingerprint density at radius 3 is 2.68 bits per heavy atom. The van der Waals surface area contributed by atoms with Crippen LogP contribution in [0, 0.1) is 5.92 Å². The van der Waals surface area contributed by atoms with Gasteiger partial charge < -0.3 is 4.90 Å². The van der Waals surface area contributed by atoms with E-state index >= 15 is 0 Å². The number of hydrogen-bond donors (Lipinski definition) is 2. The summed E-state index contributed by atoms with van der Waals surface area (Å²) in [5.41, 5.74) is 8.98. The van der Waals surface area contributed by atoms with E-state index in [4.69, 9.17) is 0 Å². The van der Waals surface area contributed by atoms with Crippen molar-refractivity contribution in [3.05, 3.63) is 36.0 Å². The smallest absolute Gasteiger partial charge is 0.150 e. The van der Waals surface area contributed by atoms with Crippen molar-refractivity contribution in [3.63, 3.8) is 0 Å². The van der Waals surface area contributed by atoms with Gasteiger partial charge >= 0.3 is 0 Å². The maximum absolute atomic E-state index is 13.6. The molecule has 0 spiro atoms. The highest BCUT2D eigenvalue weighted by Gasteiger charge is 2.42. The monoisotopic (exact) mass is 389 g/mol. The predicted octanol–water partition coefficient (Wildman–Crippen LogP) is 1.81. The lowest BCUT2D eigenvalue weighted by atomic mass is 9.73. The minimum Gasteiger partial charge on any atom is -0.350 e. The maximum atomic E-state index is 13.6. The van der Waals surface area contributed by atoms with Crippen LogP contribution in [0.1, 0.15) is 42.5 Å². The zero-order valence-electron chi connectivity index (χ0n) is 15.8. The molecule has 1 aliphatic carbocycles. The Labute approximate surface area is 162 Å². The molecule has 9 heteroatoms. The van der Waals surface area contributed by atoms with Crippen molar-refractivity contribution >= 4 is 5.82 Å². The second-order valence-corrected chi connectivity index (χ2v) is 8.23. The molecular formula is C19H25F2N7. The van der Waals surface area contributed by atoms with Crippen LogP contribution in [0.25, 0.3) is 0 Å². The quantitative estimate of drug-likeness (QED) is 0.834. The number of alkyl halides is 2. The fourth-order valence-corrected chi connectivity index (χ4v) is 4.92. The molecular weight excluding hydrogens is 364 g/mol. The second kappa shape index (κ2) is 7.04. The van der Waals surface area contributed by atoms with Gasteiger partial charge in [-0.15, -0.1) is 0 Å². The first kappa shape index (κ1) is 17.9. The van der Waals surface area contributed by atoms with E-state index in [2.05, 4.69) is 32.1 Å². The van der Waals surface area contributed by atoms with Crippen LogP contribution in [0.4, 0.5) is 14.6 Å². The van der Waals surface area contributed by atoms with Crippen molar-refractivity contribution in [2.75, 3.05) is 18.0 Å². The fraction of sp³-hybridized carbons (Fsp3) is 0.632. The molecule has 0 bridgehead atoms. The topological polar surface area (TPSA) is 70.9 Å². The van der Waals surface area contributed by atoms with Crippen LogP contribution in [0.5, 0.6) is 0 Å². The average Bonchev–Trinajstić information content (AvgIpc) is 3.40. The molecule has 2 aliphatic heterocycles. The molecule has 0 radical (unpaired) electrons. The summed E-state index contributed by atoms with van der Waals surface area (Å²) in [5, 5.41) is 4.32. The standard InChI is InChI=1S/C19H25F2N7/c1-27-7-12(6-24-27)11-2-3-16-13(4-11)19(26-25-16)17-5-18(23-10-22-17)28-8-14(20)15(21)9-28/h5-7,10-11,13-16,19,25-26H,2-4,8-9H2,1H3/t11?,13?,14-,15-,16?,19?/m0/s1. The largest absolute Gasteiger partial charge is 0.350 e. The number of fused-ring (bicyclic) bond motifs is 1. The van der Waals surface area contributed by atoms with E-state index in [0.717, 1.165) is 25.0 Å². The molecule has 0 aromatic carbocycles. The van der Waals surface area contributed by atoms with Crippen molar-refractivity contribution in [1.29, 1.82) is 0 Å². The molecule has 4 heterocycles. The molecule has 7 nitrogen and oxygen atoms in total. The van der Waals surface area contributed by atoms with Gasteiger partial charge in [0.25, 0.3) is 0 Å². The number of nitrogens with zero attached hydrogens (tertiary/aromatic N) is 5. The van der Waals surface area contributed by atoms with Crippen molar-refractivity contribution in [2.45, 2.75) is 49.6 Å². The molecule has 150 valence electrons. The second-order valence-electron chi connectivity index (χ2n) is 8.23. The van der Waals surface area contributed by atoms with E-state index in [9.17, 15) is 8.78 Å². The van der Waals surface area contributed by atoms with Crippen LogP contribution in [0.2, 0.25) is 0 Å². The van der Waals surface area contributed by atoms with Crippen LogP contribution < -0.4 is 15.8 Å². The van der Waals surface area contributed by atoms with E-state index in [1.165, 1.54) is 11.9 Å². The number of aryl methyl sites for hydroxylation is 1. The summed E-state index contributed by atoms with van der Waals surface area (Å²) in [7, 11) is 1.95. The Morgan fingerprint density at radius 2 is 1.93 bits per heavy atom. The summed E-state index contributed by atoms with van der Waals surface area (Å²) in [4.78, 5) is 10.4. The SMILES string of the molecule is Cn1cc(C2CCC3NNC(c4cc(N5C[C@H](F)[C@@H](F)C5)ncn4)C3C2)cn1. The average molecular weight is 389 g/mol. The molecule has 1 saturated carbocycles. The third-order valence-electron chi connectivity index (χ3n) is 6.45. The number of rotatable bonds is 3. The van der Waals surface area contributed by atoms with Gasteiger partial charge in [0.1, 0.15) is 12.1 Å². The van der Waals surface area contributed by atoms with Gasteiger partial charge in [-0.2, -0.15) is 5.10 Å². The molecule has 2 N–H and O–H groups in total. The van der Waals surface area contributed by atoms with Gasteiger partial charge in [-0.05, 0) is 36.7 Å². The normalized spacial score (nSPS) is 35.3. The van der Waals surface area contributed by atoms with Crippen LogP contribution in [-0.4, -0.2) is 51.2 Å². The summed E-state index contributed by atoms with van der Waals surface area (Å²) >= 11 is 0. The van der Waals surface area contributed by atoms with Gasteiger partial charge in [0.05, 0.1) is 31.0 Å². The number of hydrazine groups is 1.